The summed E-state index contributed by atoms with van der Waals surface area (Å²) in [5.41, 5.74) is 0. The number of rotatable bonds is 4. The van der Waals surface area contributed by atoms with Crippen LogP contribution in [0.25, 0.3) is 11.7 Å². The molecule has 7 nitrogen and oxygen atoms in total. The molecule has 4 heterocycles. The van der Waals surface area contributed by atoms with Crippen LogP contribution in [0.3, 0.4) is 0 Å². The van der Waals surface area contributed by atoms with Crippen LogP contribution in [0.4, 0.5) is 0 Å². The van der Waals surface area contributed by atoms with Crippen molar-refractivity contribution in [1.82, 2.24) is 20.1 Å². The maximum absolute atomic E-state index is 5.78. The smallest absolute Gasteiger partial charge is 0.283 e. The van der Waals surface area contributed by atoms with Crippen LogP contribution < -0.4 is 0 Å². The average Bonchev–Trinajstić information content (AvgIpc) is 3.29. The van der Waals surface area contributed by atoms with Crippen LogP contribution in [-0.4, -0.2) is 39.8 Å². The van der Waals surface area contributed by atoms with Gasteiger partial charge in [-0.3, -0.25) is 4.90 Å². The van der Waals surface area contributed by atoms with Crippen LogP contribution in [0.5, 0.6) is 0 Å². The lowest BCUT2D eigenvalue weighted by Gasteiger charge is -2.30. The fourth-order valence-corrected chi connectivity index (χ4v) is 3.07. The summed E-state index contributed by atoms with van der Waals surface area (Å²) >= 11 is 1.61. The highest BCUT2D eigenvalue weighted by molar-refractivity contribution is 7.09. The first-order valence-corrected chi connectivity index (χ1v) is 7.86. The fourth-order valence-electron chi connectivity index (χ4n) is 2.40. The van der Waals surface area contributed by atoms with Crippen LogP contribution in [0, 0.1) is 0 Å². The zero-order valence-corrected chi connectivity index (χ0v) is 12.5. The molecule has 0 bridgehead atoms. The summed E-state index contributed by atoms with van der Waals surface area (Å²) < 4.78 is 16.7. The summed E-state index contributed by atoms with van der Waals surface area (Å²) in [4.78, 5) is 6.55. The third-order valence-electron chi connectivity index (χ3n) is 3.44. The standard InChI is InChI=1S/C14H14N4O3S/c1-2-10(19-5-1)13-17-16-12(21-13)9-18-4-6-20-11(8-18)14-15-3-7-22-14/h1-3,5,7,11H,4,6,8-9H2/t11-/m0/s1. The predicted molar refractivity (Wildman–Crippen MR) is 78.1 cm³/mol. The SMILES string of the molecule is c1coc(-c2nnc(CN3CCO[C@H](c4nccs4)C3)o2)c1. The fraction of sp³-hybridized carbons (Fsp3) is 0.357. The number of hydrogen-bond acceptors (Lipinski definition) is 8. The molecule has 1 aliphatic rings. The Labute approximate surface area is 130 Å². The van der Waals surface area contributed by atoms with E-state index in [9.17, 15) is 0 Å². The Balaban J connectivity index is 1.43. The van der Waals surface area contributed by atoms with Gasteiger partial charge in [0.15, 0.2) is 5.76 Å². The summed E-state index contributed by atoms with van der Waals surface area (Å²) in [6, 6.07) is 3.59. The van der Waals surface area contributed by atoms with Gasteiger partial charge in [-0.2, -0.15) is 0 Å². The van der Waals surface area contributed by atoms with E-state index in [0.717, 1.165) is 18.1 Å². The summed E-state index contributed by atoms with van der Waals surface area (Å²) in [6.45, 7) is 2.87. The normalized spacial score (nSPS) is 19.5. The maximum atomic E-state index is 5.78. The topological polar surface area (TPSA) is 77.4 Å². The summed E-state index contributed by atoms with van der Waals surface area (Å²) in [5.74, 6) is 1.57. The number of ether oxygens (including phenoxy) is 1. The van der Waals surface area contributed by atoms with E-state index in [2.05, 4.69) is 20.1 Å². The second-order valence-electron chi connectivity index (χ2n) is 4.94. The molecule has 1 aliphatic heterocycles. The van der Waals surface area contributed by atoms with Gasteiger partial charge in [0.2, 0.25) is 5.89 Å². The molecule has 0 radical (unpaired) electrons. The van der Waals surface area contributed by atoms with Gasteiger partial charge in [0.05, 0.1) is 19.4 Å². The van der Waals surface area contributed by atoms with Crippen molar-refractivity contribution in [3.05, 3.63) is 40.9 Å². The van der Waals surface area contributed by atoms with Gasteiger partial charge >= 0.3 is 0 Å². The van der Waals surface area contributed by atoms with Crippen molar-refractivity contribution in [2.75, 3.05) is 19.7 Å². The van der Waals surface area contributed by atoms with E-state index in [1.54, 1.807) is 35.9 Å². The van der Waals surface area contributed by atoms with Gasteiger partial charge in [-0.1, -0.05) is 0 Å². The molecule has 1 saturated heterocycles. The number of aromatic nitrogens is 3. The van der Waals surface area contributed by atoms with Gasteiger partial charge in [0.1, 0.15) is 11.1 Å². The first-order valence-electron chi connectivity index (χ1n) is 6.98. The van der Waals surface area contributed by atoms with Crippen molar-refractivity contribution in [1.29, 1.82) is 0 Å². The largest absolute Gasteiger partial charge is 0.459 e. The highest BCUT2D eigenvalue weighted by Gasteiger charge is 2.25. The van der Waals surface area contributed by atoms with E-state index >= 15 is 0 Å². The molecular weight excluding hydrogens is 304 g/mol. The minimum atomic E-state index is 0.0150. The van der Waals surface area contributed by atoms with Crippen molar-refractivity contribution in [3.63, 3.8) is 0 Å². The van der Waals surface area contributed by atoms with E-state index in [0.29, 0.717) is 30.7 Å². The average molecular weight is 318 g/mol. The highest BCUT2D eigenvalue weighted by Crippen LogP contribution is 2.25. The molecule has 1 fully saturated rings. The van der Waals surface area contributed by atoms with E-state index in [4.69, 9.17) is 13.6 Å². The number of hydrogen-bond donors (Lipinski definition) is 0. The summed E-state index contributed by atoms with van der Waals surface area (Å²) in [6.07, 6.45) is 3.40. The third-order valence-corrected chi connectivity index (χ3v) is 4.30. The zero-order valence-electron chi connectivity index (χ0n) is 11.7. The Morgan fingerprint density at radius 1 is 1.36 bits per heavy atom. The molecule has 0 N–H and O–H groups in total. The molecule has 4 rings (SSSR count). The molecule has 0 saturated carbocycles. The van der Waals surface area contributed by atoms with E-state index in [-0.39, 0.29) is 6.10 Å². The van der Waals surface area contributed by atoms with Gasteiger partial charge < -0.3 is 13.6 Å². The van der Waals surface area contributed by atoms with E-state index in [1.807, 2.05) is 5.38 Å². The summed E-state index contributed by atoms with van der Waals surface area (Å²) in [7, 11) is 0. The molecule has 3 aromatic rings. The zero-order chi connectivity index (χ0) is 14.8. The van der Waals surface area contributed by atoms with Crippen LogP contribution in [-0.2, 0) is 11.3 Å². The molecule has 0 spiro atoms. The molecule has 22 heavy (non-hydrogen) atoms. The van der Waals surface area contributed by atoms with Gasteiger partial charge in [0.25, 0.3) is 5.89 Å². The first kappa shape index (κ1) is 13.6. The minimum Gasteiger partial charge on any atom is -0.459 e. The van der Waals surface area contributed by atoms with Gasteiger partial charge in [-0.25, -0.2) is 4.98 Å². The third kappa shape index (κ3) is 2.80. The van der Waals surface area contributed by atoms with Crippen molar-refractivity contribution in [2.45, 2.75) is 12.6 Å². The number of nitrogens with zero attached hydrogens (tertiary/aromatic N) is 4. The lowest BCUT2D eigenvalue weighted by atomic mass is 10.3. The minimum absolute atomic E-state index is 0.0150. The lowest BCUT2D eigenvalue weighted by Crippen LogP contribution is -2.37. The molecule has 114 valence electrons. The Morgan fingerprint density at radius 3 is 3.18 bits per heavy atom. The predicted octanol–water partition coefficient (Wildman–Crippen LogP) is 2.36. The van der Waals surface area contributed by atoms with Crippen molar-refractivity contribution in [2.24, 2.45) is 0 Å². The van der Waals surface area contributed by atoms with Gasteiger partial charge in [0, 0.05) is 24.7 Å². The van der Waals surface area contributed by atoms with Crippen molar-refractivity contribution in [3.8, 4) is 11.7 Å². The first-order chi connectivity index (χ1) is 10.9. The highest BCUT2D eigenvalue weighted by atomic mass is 32.1. The molecule has 0 aromatic carbocycles. The van der Waals surface area contributed by atoms with E-state index < -0.39 is 0 Å². The molecular formula is C14H14N4O3S. The van der Waals surface area contributed by atoms with Crippen LogP contribution in [0.2, 0.25) is 0 Å². The number of morpholine rings is 1. The Kier molecular flexibility index (Phi) is 3.71. The van der Waals surface area contributed by atoms with Gasteiger partial charge in [-0.15, -0.1) is 21.5 Å². The Morgan fingerprint density at radius 2 is 2.36 bits per heavy atom. The monoisotopic (exact) mass is 318 g/mol. The summed E-state index contributed by atoms with van der Waals surface area (Å²) in [5, 5.41) is 11.1. The Bertz CT molecular complexity index is 710. The molecule has 0 aliphatic carbocycles. The van der Waals surface area contributed by atoms with E-state index in [1.165, 1.54) is 0 Å². The molecule has 1 atom stereocenters. The number of furan rings is 1. The van der Waals surface area contributed by atoms with Crippen LogP contribution >= 0.6 is 11.3 Å². The molecule has 8 heteroatoms. The second kappa shape index (κ2) is 5.99. The quantitative estimate of drug-likeness (QED) is 0.730. The second-order valence-corrected chi connectivity index (χ2v) is 5.87. The maximum Gasteiger partial charge on any atom is 0.283 e. The van der Waals surface area contributed by atoms with Gasteiger partial charge in [-0.05, 0) is 12.1 Å². The Hall–Kier alpha value is -2.03. The molecule has 0 amide bonds. The number of thiazole rings is 1. The molecule has 3 aromatic heterocycles. The van der Waals surface area contributed by atoms with Crippen LogP contribution in [0.15, 0.2) is 38.8 Å². The molecule has 0 unspecified atom stereocenters. The van der Waals surface area contributed by atoms with Crippen LogP contribution in [0.1, 0.15) is 17.0 Å². The van der Waals surface area contributed by atoms with Crippen molar-refractivity contribution >= 4 is 11.3 Å². The van der Waals surface area contributed by atoms with Crippen molar-refractivity contribution < 1.29 is 13.6 Å². The lowest BCUT2D eigenvalue weighted by molar-refractivity contribution is -0.0352.